The zero-order chi connectivity index (χ0) is 6.20. The van der Waals surface area contributed by atoms with Crippen LogP contribution < -0.4 is 0 Å². The van der Waals surface area contributed by atoms with Gasteiger partial charge in [-0.3, -0.25) is 0 Å². The predicted molar refractivity (Wildman–Crippen MR) is 45.7 cm³/mol. The van der Waals surface area contributed by atoms with Crippen LogP contribution in [-0.2, 0) is 0 Å². The molecule has 0 aromatic carbocycles. The van der Waals surface area contributed by atoms with Crippen molar-refractivity contribution in [1.82, 2.24) is 0 Å². The Kier molecular flexibility index (Phi) is 0.452. The van der Waals surface area contributed by atoms with Gasteiger partial charge in [-0.1, -0.05) is 22.6 Å². The molecule has 6 rings (SSSR count). The highest BCUT2D eigenvalue weighted by molar-refractivity contribution is 14.1. The number of alkyl halides is 1. The topological polar surface area (TPSA) is 0 Å². The van der Waals surface area contributed by atoms with Gasteiger partial charge in [-0.05, 0) is 47.3 Å². The van der Waals surface area contributed by atoms with Crippen LogP contribution in [0.4, 0.5) is 0 Å². The molecule has 10 heavy (non-hydrogen) atoms. The quantitative estimate of drug-likeness (QED) is 0.450. The minimum Gasteiger partial charge on any atom is -0.0820 e. The highest BCUT2D eigenvalue weighted by Crippen LogP contribution is 2.95. The van der Waals surface area contributed by atoms with Crippen LogP contribution in [0.5, 0.6) is 0 Å². The molecule has 52 valence electrons. The summed E-state index contributed by atoms with van der Waals surface area (Å²) in [5.74, 6) is 10.2. The fourth-order valence-corrected chi connectivity index (χ4v) is 7.57. The average Bonchev–Trinajstić information content (AvgIpc) is 2.15. The van der Waals surface area contributed by atoms with Crippen LogP contribution in [0.15, 0.2) is 0 Å². The summed E-state index contributed by atoms with van der Waals surface area (Å²) in [5.41, 5.74) is 0. The smallest absolute Gasteiger partial charge is 0.0177 e. The molecular weight excluding hydrogens is 235 g/mol. The molecule has 0 N–H and O–H groups in total. The molecule has 6 saturated carbocycles. The van der Waals surface area contributed by atoms with Gasteiger partial charge in [0.15, 0.2) is 0 Å². The van der Waals surface area contributed by atoms with Crippen LogP contribution in [0.2, 0.25) is 0 Å². The zero-order valence-corrected chi connectivity index (χ0v) is 7.73. The van der Waals surface area contributed by atoms with Crippen molar-refractivity contribution in [3.8, 4) is 0 Å². The van der Waals surface area contributed by atoms with Gasteiger partial charge in [0, 0.05) is 3.92 Å². The molecule has 6 fully saturated rings. The largest absolute Gasteiger partial charge is 0.0820 e. The van der Waals surface area contributed by atoms with E-state index in [4.69, 9.17) is 0 Å². The molecule has 0 aromatic rings. The van der Waals surface area contributed by atoms with E-state index in [-0.39, 0.29) is 0 Å². The van der Waals surface area contributed by atoms with Crippen LogP contribution in [0.3, 0.4) is 0 Å². The van der Waals surface area contributed by atoms with Crippen molar-refractivity contribution in [3.63, 3.8) is 0 Å². The summed E-state index contributed by atoms with van der Waals surface area (Å²) < 4.78 is 1.14. The Morgan fingerprint density at radius 2 is 0.800 bits per heavy atom. The number of hydrogen-bond donors (Lipinski definition) is 0. The first kappa shape index (κ1) is 4.68. The number of hydrogen-bond acceptors (Lipinski definition) is 0. The normalized spacial score (nSPS) is 97.5. The first-order valence-electron chi connectivity index (χ1n) is 4.55. The van der Waals surface area contributed by atoms with Crippen molar-refractivity contribution in [2.24, 2.45) is 47.3 Å². The van der Waals surface area contributed by atoms with Crippen molar-refractivity contribution in [2.75, 3.05) is 0 Å². The molecule has 0 saturated heterocycles. The minimum atomic E-state index is 1.14. The number of rotatable bonds is 0. The van der Waals surface area contributed by atoms with Gasteiger partial charge >= 0.3 is 0 Å². The van der Waals surface area contributed by atoms with E-state index in [2.05, 4.69) is 22.6 Å². The van der Waals surface area contributed by atoms with E-state index in [1.165, 1.54) is 47.3 Å². The van der Waals surface area contributed by atoms with Crippen LogP contribution >= 0.6 is 22.6 Å². The molecule has 0 aromatic heterocycles. The Labute approximate surface area is 73.9 Å². The summed E-state index contributed by atoms with van der Waals surface area (Å²) in [6.07, 6.45) is 0. The minimum absolute atomic E-state index is 1.14. The molecule has 0 heterocycles. The summed E-state index contributed by atoms with van der Waals surface area (Å²) in [5, 5.41) is 0. The van der Waals surface area contributed by atoms with E-state index < -0.39 is 0 Å². The van der Waals surface area contributed by atoms with Crippen molar-refractivity contribution >= 4 is 22.6 Å². The van der Waals surface area contributed by atoms with Gasteiger partial charge in [-0.15, -0.1) is 0 Å². The molecule has 4 unspecified atom stereocenters. The molecule has 4 atom stereocenters. The van der Waals surface area contributed by atoms with E-state index >= 15 is 0 Å². The third-order valence-electron chi connectivity index (χ3n) is 5.62. The summed E-state index contributed by atoms with van der Waals surface area (Å²) in [6.45, 7) is 0. The molecular formula is C9H9I. The fraction of sp³-hybridized carbons (Fsp3) is 1.00. The molecule has 6 aliphatic rings. The standard InChI is InChI=1S/C9H9I/c10-9-7-3-1-2-5(3)8(9)6(2)4(1)7/h1-9H. The Morgan fingerprint density at radius 1 is 0.500 bits per heavy atom. The van der Waals surface area contributed by atoms with Gasteiger partial charge in [-0.2, -0.15) is 0 Å². The van der Waals surface area contributed by atoms with Crippen LogP contribution in [-0.4, -0.2) is 3.92 Å². The lowest BCUT2D eigenvalue weighted by Crippen LogP contribution is -2.81. The van der Waals surface area contributed by atoms with Crippen molar-refractivity contribution in [3.05, 3.63) is 0 Å². The van der Waals surface area contributed by atoms with Gasteiger partial charge in [0.25, 0.3) is 0 Å². The third kappa shape index (κ3) is 0.188. The molecule has 2 bridgehead atoms. The Morgan fingerprint density at radius 3 is 1.10 bits per heavy atom. The maximum absolute atomic E-state index is 2.75. The van der Waals surface area contributed by atoms with Gasteiger partial charge in [-0.25, -0.2) is 0 Å². The van der Waals surface area contributed by atoms with E-state index in [0.717, 1.165) is 3.92 Å². The fourth-order valence-electron chi connectivity index (χ4n) is 5.66. The SMILES string of the molecule is IC1C2C3C4C1C1C2C3C41. The van der Waals surface area contributed by atoms with Gasteiger partial charge in [0.1, 0.15) is 0 Å². The monoisotopic (exact) mass is 244 g/mol. The Balaban J connectivity index is 1.88. The first-order valence-corrected chi connectivity index (χ1v) is 5.80. The summed E-state index contributed by atoms with van der Waals surface area (Å²) in [7, 11) is 0. The highest BCUT2D eigenvalue weighted by atomic mass is 127. The van der Waals surface area contributed by atoms with Gasteiger partial charge in [0.05, 0.1) is 0 Å². The molecule has 0 nitrogen and oxygen atoms in total. The van der Waals surface area contributed by atoms with Crippen LogP contribution in [0.25, 0.3) is 0 Å². The zero-order valence-electron chi connectivity index (χ0n) is 5.57. The molecule has 0 spiro atoms. The maximum atomic E-state index is 2.75. The molecule has 1 heteroatoms. The molecule has 0 radical (unpaired) electrons. The molecule has 0 aliphatic heterocycles. The molecule has 0 amide bonds. The second kappa shape index (κ2) is 0.964. The average molecular weight is 244 g/mol. The van der Waals surface area contributed by atoms with Gasteiger partial charge in [0.2, 0.25) is 0 Å². The van der Waals surface area contributed by atoms with Crippen molar-refractivity contribution in [1.29, 1.82) is 0 Å². The Bertz CT molecular complexity index is 210. The lowest BCUT2D eigenvalue weighted by Gasteiger charge is -2.84. The van der Waals surface area contributed by atoms with Crippen molar-refractivity contribution < 1.29 is 0 Å². The lowest BCUT2D eigenvalue weighted by atomic mass is 9.20. The second-order valence-electron chi connectivity index (χ2n) is 5.06. The lowest BCUT2D eigenvalue weighted by molar-refractivity contribution is -0.379. The third-order valence-corrected chi connectivity index (χ3v) is 7.29. The maximum Gasteiger partial charge on any atom is 0.0177 e. The van der Waals surface area contributed by atoms with E-state index in [1.54, 1.807) is 0 Å². The molecule has 6 aliphatic carbocycles. The highest BCUT2D eigenvalue weighted by Gasteiger charge is 2.92. The van der Waals surface area contributed by atoms with E-state index in [9.17, 15) is 0 Å². The van der Waals surface area contributed by atoms with E-state index in [0.29, 0.717) is 0 Å². The van der Waals surface area contributed by atoms with Crippen LogP contribution in [0, 0.1) is 47.3 Å². The summed E-state index contributed by atoms with van der Waals surface area (Å²) in [4.78, 5) is 0. The predicted octanol–water partition coefficient (Wildman–Crippen LogP) is 1.79. The summed E-state index contributed by atoms with van der Waals surface area (Å²) in [6, 6.07) is 0. The second-order valence-corrected chi connectivity index (χ2v) is 6.50. The first-order chi connectivity index (χ1) is 4.91. The number of halogens is 1. The van der Waals surface area contributed by atoms with Crippen LogP contribution in [0.1, 0.15) is 0 Å². The van der Waals surface area contributed by atoms with E-state index in [1.807, 2.05) is 0 Å². The summed E-state index contributed by atoms with van der Waals surface area (Å²) >= 11 is 2.75. The van der Waals surface area contributed by atoms with Gasteiger partial charge < -0.3 is 0 Å². The Hall–Kier alpha value is 0.730. The van der Waals surface area contributed by atoms with Crippen molar-refractivity contribution in [2.45, 2.75) is 3.92 Å².